The molecular weight excluding hydrogens is 346 g/mol. The molecule has 26 heavy (non-hydrogen) atoms. The molecule has 2 N–H and O–H groups in total. The van der Waals surface area contributed by atoms with Gasteiger partial charge in [-0.1, -0.05) is 24.3 Å². The molecule has 0 saturated carbocycles. The number of nitrogens with one attached hydrogen (secondary N) is 1. The van der Waals surface area contributed by atoms with E-state index in [0.717, 1.165) is 33.0 Å². The highest BCUT2D eigenvalue weighted by Crippen LogP contribution is 2.31. The summed E-state index contributed by atoms with van der Waals surface area (Å²) in [5.41, 5.74) is 4.20. The predicted molar refractivity (Wildman–Crippen MR) is 102 cm³/mol. The highest BCUT2D eigenvalue weighted by atomic mass is 32.2. The summed E-state index contributed by atoms with van der Waals surface area (Å²) in [6, 6.07) is 18.7. The zero-order chi connectivity index (χ0) is 17.9. The number of benzene rings is 2. The Hall–Kier alpha value is -3.12. The second-order valence-corrected chi connectivity index (χ2v) is 6.71. The Kier molecular flexibility index (Phi) is 4.41. The number of hydrogen-bond donors (Lipinski definition) is 2. The number of nitrogens with zero attached hydrogens (tertiary/aromatic N) is 2. The summed E-state index contributed by atoms with van der Waals surface area (Å²) in [6.45, 7) is 0. The van der Waals surface area contributed by atoms with Gasteiger partial charge >= 0.3 is 5.97 Å². The molecule has 0 radical (unpaired) electrons. The zero-order valence-electron chi connectivity index (χ0n) is 13.7. The van der Waals surface area contributed by atoms with Crippen LogP contribution in [0.2, 0.25) is 0 Å². The van der Waals surface area contributed by atoms with E-state index in [0.29, 0.717) is 11.3 Å². The van der Waals surface area contributed by atoms with Crippen LogP contribution >= 0.6 is 11.8 Å². The van der Waals surface area contributed by atoms with Crippen molar-refractivity contribution < 1.29 is 9.90 Å². The Balaban J connectivity index is 1.58. The molecule has 0 amide bonds. The number of fused-ring (bicyclic) bond motifs is 1. The molecule has 128 valence electrons. The molecule has 5 nitrogen and oxygen atoms in total. The normalized spacial score (nSPS) is 10.9. The number of pyridine rings is 1. The summed E-state index contributed by atoms with van der Waals surface area (Å²) in [5.74, 6) is 0.577. The maximum atomic E-state index is 10.9. The quantitative estimate of drug-likeness (QED) is 0.507. The number of carbonyl (C=O) groups is 1. The summed E-state index contributed by atoms with van der Waals surface area (Å²) >= 11 is 1.60. The summed E-state index contributed by atoms with van der Waals surface area (Å²) < 4.78 is 0. The third kappa shape index (κ3) is 3.32. The van der Waals surface area contributed by atoms with Crippen LogP contribution in [0.3, 0.4) is 0 Å². The molecule has 2 aromatic carbocycles. The fraction of sp³-hybridized carbons (Fsp3) is 0.0500. The number of hydrogen-bond acceptors (Lipinski definition) is 4. The molecule has 6 heteroatoms. The zero-order valence-corrected chi connectivity index (χ0v) is 14.5. The second kappa shape index (κ2) is 7.01. The van der Waals surface area contributed by atoms with Crippen LogP contribution in [0.1, 0.15) is 15.9 Å². The summed E-state index contributed by atoms with van der Waals surface area (Å²) in [6.07, 6.45) is 1.77. The van der Waals surface area contributed by atoms with E-state index < -0.39 is 5.97 Å². The topological polar surface area (TPSA) is 78.9 Å². The highest BCUT2D eigenvalue weighted by molar-refractivity contribution is 7.98. The molecule has 0 bridgehead atoms. The van der Waals surface area contributed by atoms with Crippen molar-refractivity contribution >= 4 is 28.8 Å². The van der Waals surface area contributed by atoms with Crippen LogP contribution in [0.4, 0.5) is 0 Å². The molecule has 0 saturated heterocycles. The largest absolute Gasteiger partial charge is 0.478 e. The number of carboxylic acids is 1. The van der Waals surface area contributed by atoms with Crippen LogP contribution in [0.15, 0.2) is 71.9 Å². The second-order valence-electron chi connectivity index (χ2n) is 5.75. The minimum Gasteiger partial charge on any atom is -0.478 e. The average Bonchev–Trinajstić information content (AvgIpc) is 3.11. The number of aromatic amines is 1. The van der Waals surface area contributed by atoms with E-state index in [9.17, 15) is 4.79 Å². The standard InChI is InChI=1S/C20H15N3O2S/c24-20(25)14-9-7-13(8-10-14)12-26-19-15(4-3-11-21-19)18-22-16-5-1-2-6-17(16)23-18/h1-11H,12H2,(H,22,23)(H,24,25). The lowest BCUT2D eigenvalue weighted by Crippen LogP contribution is -1.95. The van der Waals surface area contributed by atoms with E-state index in [2.05, 4.69) is 15.0 Å². The molecule has 0 spiro atoms. The van der Waals surface area contributed by atoms with Gasteiger partial charge in [0.15, 0.2) is 0 Å². The van der Waals surface area contributed by atoms with Crippen LogP contribution in [-0.2, 0) is 5.75 Å². The molecular formula is C20H15N3O2S. The number of rotatable bonds is 5. The van der Waals surface area contributed by atoms with Crippen molar-refractivity contribution in [1.29, 1.82) is 0 Å². The number of thioether (sulfide) groups is 1. The van der Waals surface area contributed by atoms with Gasteiger partial charge in [0.2, 0.25) is 0 Å². The van der Waals surface area contributed by atoms with Crippen molar-refractivity contribution in [3.8, 4) is 11.4 Å². The van der Waals surface area contributed by atoms with Gasteiger partial charge in [0.05, 0.1) is 16.6 Å². The first-order valence-corrected chi connectivity index (χ1v) is 9.04. The maximum absolute atomic E-state index is 10.9. The van der Waals surface area contributed by atoms with Gasteiger partial charge in [-0.05, 0) is 42.0 Å². The molecule has 2 aromatic heterocycles. The molecule has 2 heterocycles. The molecule has 0 aliphatic heterocycles. The smallest absolute Gasteiger partial charge is 0.335 e. The van der Waals surface area contributed by atoms with Crippen LogP contribution in [-0.4, -0.2) is 26.0 Å². The maximum Gasteiger partial charge on any atom is 0.335 e. The van der Waals surface area contributed by atoms with E-state index in [1.165, 1.54) is 0 Å². The number of carboxylic acid groups (broad SMARTS) is 1. The van der Waals surface area contributed by atoms with E-state index in [-0.39, 0.29) is 0 Å². The third-order valence-corrected chi connectivity index (χ3v) is 5.07. The van der Waals surface area contributed by atoms with Crippen molar-refractivity contribution in [1.82, 2.24) is 15.0 Å². The number of H-pyrrole nitrogens is 1. The van der Waals surface area contributed by atoms with E-state index >= 15 is 0 Å². The minimum atomic E-state index is -0.916. The molecule has 0 fully saturated rings. The van der Waals surface area contributed by atoms with Crippen LogP contribution in [0.25, 0.3) is 22.4 Å². The van der Waals surface area contributed by atoms with Gasteiger partial charge in [-0.3, -0.25) is 0 Å². The van der Waals surface area contributed by atoms with Gasteiger partial charge in [-0.25, -0.2) is 14.8 Å². The average molecular weight is 361 g/mol. The third-order valence-electron chi connectivity index (χ3n) is 3.99. The Morgan fingerprint density at radius 2 is 1.85 bits per heavy atom. The van der Waals surface area contributed by atoms with Gasteiger partial charge < -0.3 is 10.1 Å². The summed E-state index contributed by atoms with van der Waals surface area (Å²) in [4.78, 5) is 23.4. The SMILES string of the molecule is O=C(O)c1ccc(CSc2ncccc2-c2nc3ccccc3[nH]2)cc1. The first-order chi connectivity index (χ1) is 12.7. The molecule has 4 rings (SSSR count). The Morgan fingerprint density at radius 1 is 1.04 bits per heavy atom. The monoisotopic (exact) mass is 361 g/mol. The number of aromatic carboxylic acids is 1. The summed E-state index contributed by atoms with van der Waals surface area (Å²) in [7, 11) is 0. The van der Waals surface area contributed by atoms with Crippen molar-refractivity contribution in [2.24, 2.45) is 0 Å². The fourth-order valence-electron chi connectivity index (χ4n) is 2.66. The lowest BCUT2D eigenvalue weighted by atomic mass is 10.1. The van der Waals surface area contributed by atoms with Gasteiger partial charge in [-0.2, -0.15) is 0 Å². The molecule has 4 aromatic rings. The molecule has 0 aliphatic carbocycles. The van der Waals surface area contributed by atoms with Gasteiger partial charge in [0, 0.05) is 17.5 Å². The van der Waals surface area contributed by atoms with Crippen molar-refractivity contribution in [3.63, 3.8) is 0 Å². The number of aromatic nitrogens is 3. The van der Waals surface area contributed by atoms with Crippen LogP contribution < -0.4 is 0 Å². The highest BCUT2D eigenvalue weighted by Gasteiger charge is 2.11. The lowest BCUT2D eigenvalue weighted by molar-refractivity contribution is 0.0697. The lowest BCUT2D eigenvalue weighted by Gasteiger charge is -2.06. The number of para-hydroxylation sites is 2. The van der Waals surface area contributed by atoms with E-state index in [1.54, 1.807) is 30.1 Å². The molecule has 0 unspecified atom stereocenters. The molecule has 0 atom stereocenters. The predicted octanol–water partition coefficient (Wildman–Crippen LogP) is 4.62. The first-order valence-electron chi connectivity index (χ1n) is 8.06. The first kappa shape index (κ1) is 16.4. The van der Waals surface area contributed by atoms with Gasteiger partial charge in [-0.15, -0.1) is 11.8 Å². The number of imidazole rings is 1. The van der Waals surface area contributed by atoms with Crippen molar-refractivity contribution in [3.05, 3.63) is 78.0 Å². The van der Waals surface area contributed by atoms with Crippen LogP contribution in [0, 0.1) is 0 Å². The summed E-state index contributed by atoms with van der Waals surface area (Å²) in [5, 5.41) is 9.86. The Labute approximate surface area is 154 Å². The minimum absolute atomic E-state index is 0.291. The van der Waals surface area contributed by atoms with Crippen molar-refractivity contribution in [2.45, 2.75) is 10.8 Å². The fourth-order valence-corrected chi connectivity index (χ4v) is 3.61. The van der Waals surface area contributed by atoms with E-state index in [4.69, 9.17) is 5.11 Å². The Bertz CT molecular complexity index is 1040. The van der Waals surface area contributed by atoms with E-state index in [1.807, 2.05) is 48.5 Å². The van der Waals surface area contributed by atoms with Gasteiger partial charge in [0.1, 0.15) is 10.9 Å². The Morgan fingerprint density at radius 3 is 2.62 bits per heavy atom. The molecule has 0 aliphatic rings. The van der Waals surface area contributed by atoms with Crippen molar-refractivity contribution in [2.75, 3.05) is 0 Å². The van der Waals surface area contributed by atoms with Gasteiger partial charge in [0.25, 0.3) is 0 Å². The van der Waals surface area contributed by atoms with Crippen LogP contribution in [0.5, 0.6) is 0 Å².